The van der Waals surface area contributed by atoms with Crippen LogP contribution in [-0.4, -0.2) is 41.0 Å². The highest BCUT2D eigenvalue weighted by atomic mass is 16.4. The number of rotatable bonds is 4. The van der Waals surface area contributed by atoms with Crippen LogP contribution in [-0.2, 0) is 9.59 Å². The number of carbonyl (C=O) groups is 2. The van der Waals surface area contributed by atoms with Crippen molar-refractivity contribution in [3.63, 3.8) is 0 Å². The molecule has 2 unspecified atom stereocenters. The Labute approximate surface area is 82.9 Å². The molecule has 0 aromatic rings. The lowest BCUT2D eigenvalue weighted by Crippen LogP contribution is -2.36. The van der Waals surface area contributed by atoms with Crippen LogP contribution in [0.1, 0.15) is 19.8 Å². The van der Waals surface area contributed by atoms with Gasteiger partial charge in [0.2, 0.25) is 5.91 Å². The zero-order valence-corrected chi connectivity index (χ0v) is 8.27. The third-order valence-electron chi connectivity index (χ3n) is 2.44. The van der Waals surface area contributed by atoms with Crippen LogP contribution in [0, 0.1) is 5.92 Å². The molecule has 1 heterocycles. The molecule has 1 rings (SSSR count). The topological polar surface area (TPSA) is 83.6 Å². The molecular weight excluding hydrogens is 184 g/mol. The number of hydrogen-bond acceptors (Lipinski definition) is 3. The van der Waals surface area contributed by atoms with Gasteiger partial charge in [0.1, 0.15) is 6.04 Å². The van der Waals surface area contributed by atoms with Gasteiger partial charge < -0.3 is 15.7 Å². The predicted molar refractivity (Wildman–Crippen MR) is 50.6 cm³/mol. The van der Waals surface area contributed by atoms with E-state index in [4.69, 9.17) is 10.8 Å². The van der Waals surface area contributed by atoms with Crippen molar-refractivity contribution in [3.8, 4) is 0 Å². The van der Waals surface area contributed by atoms with E-state index in [2.05, 4.69) is 0 Å². The molecule has 0 bridgehead atoms. The fraction of sp³-hybridized carbons (Fsp3) is 0.778. The highest BCUT2D eigenvalue weighted by molar-refractivity contribution is 5.78. The summed E-state index contributed by atoms with van der Waals surface area (Å²) in [6, 6.07) is -0.862. The number of carboxylic acid groups (broad SMARTS) is 1. The third-order valence-corrected chi connectivity index (χ3v) is 2.44. The van der Waals surface area contributed by atoms with E-state index >= 15 is 0 Å². The summed E-state index contributed by atoms with van der Waals surface area (Å²) in [7, 11) is 0. The zero-order valence-electron chi connectivity index (χ0n) is 8.27. The first kappa shape index (κ1) is 11.0. The lowest BCUT2D eigenvalue weighted by atomic mass is 10.2. The monoisotopic (exact) mass is 200 g/mol. The summed E-state index contributed by atoms with van der Waals surface area (Å²) in [6.07, 6.45) is 0.899. The second kappa shape index (κ2) is 4.41. The van der Waals surface area contributed by atoms with Crippen LogP contribution in [0.5, 0.6) is 0 Å². The minimum absolute atomic E-state index is 0.107. The van der Waals surface area contributed by atoms with E-state index in [1.807, 2.05) is 6.92 Å². The molecule has 2 atom stereocenters. The first-order chi connectivity index (χ1) is 6.50. The van der Waals surface area contributed by atoms with E-state index in [9.17, 15) is 9.59 Å². The minimum Gasteiger partial charge on any atom is -0.480 e. The third kappa shape index (κ3) is 2.70. The van der Waals surface area contributed by atoms with Crippen molar-refractivity contribution >= 4 is 11.9 Å². The lowest BCUT2D eigenvalue weighted by molar-refractivity contribution is -0.139. The lowest BCUT2D eigenvalue weighted by Gasteiger charge is -2.17. The molecule has 5 nitrogen and oxygen atoms in total. The minimum atomic E-state index is -1.01. The molecule has 0 saturated carbocycles. The summed E-state index contributed by atoms with van der Waals surface area (Å²) in [5.74, 6) is -0.525. The van der Waals surface area contributed by atoms with Crippen molar-refractivity contribution in [2.24, 2.45) is 11.7 Å². The summed E-state index contributed by atoms with van der Waals surface area (Å²) in [5.41, 5.74) is 5.34. The SMILES string of the molecule is CC1CC(=O)N(CCC(N)C(=O)O)C1. The molecule has 1 fully saturated rings. The Kier molecular flexibility index (Phi) is 3.46. The Morgan fingerprint density at radius 1 is 1.79 bits per heavy atom. The molecular formula is C9H16N2O3. The standard InChI is InChI=1S/C9H16N2O3/c1-6-4-8(12)11(5-6)3-2-7(10)9(13)14/h6-7H,2-5,10H2,1H3,(H,13,14). The number of nitrogens with two attached hydrogens (primary N) is 1. The van der Waals surface area contributed by atoms with Crippen LogP contribution in [0.25, 0.3) is 0 Å². The van der Waals surface area contributed by atoms with Crippen LogP contribution >= 0.6 is 0 Å². The van der Waals surface area contributed by atoms with Crippen LogP contribution in [0.4, 0.5) is 0 Å². The fourth-order valence-corrected chi connectivity index (χ4v) is 1.60. The van der Waals surface area contributed by atoms with E-state index in [0.717, 1.165) is 6.54 Å². The Morgan fingerprint density at radius 2 is 2.43 bits per heavy atom. The summed E-state index contributed by atoms with van der Waals surface area (Å²) in [4.78, 5) is 23.4. The van der Waals surface area contributed by atoms with Gasteiger partial charge >= 0.3 is 5.97 Å². The quantitative estimate of drug-likeness (QED) is 0.650. The number of likely N-dealkylation sites (tertiary alicyclic amines) is 1. The second-order valence-corrected chi connectivity index (χ2v) is 3.88. The maximum atomic E-state index is 11.3. The smallest absolute Gasteiger partial charge is 0.320 e. The number of carbonyl (C=O) groups excluding carboxylic acids is 1. The molecule has 1 saturated heterocycles. The zero-order chi connectivity index (χ0) is 10.7. The van der Waals surface area contributed by atoms with Gasteiger partial charge in [-0.05, 0) is 12.3 Å². The average molecular weight is 200 g/mol. The molecule has 1 amide bonds. The molecule has 0 radical (unpaired) electrons. The van der Waals surface area contributed by atoms with Gasteiger partial charge in [0.05, 0.1) is 0 Å². The van der Waals surface area contributed by atoms with Gasteiger partial charge in [-0.3, -0.25) is 9.59 Å². The Bertz CT molecular complexity index is 242. The van der Waals surface area contributed by atoms with Crippen molar-refractivity contribution in [1.82, 2.24) is 4.90 Å². The largest absolute Gasteiger partial charge is 0.480 e. The van der Waals surface area contributed by atoms with Crippen molar-refractivity contribution < 1.29 is 14.7 Å². The van der Waals surface area contributed by atoms with Crippen molar-refractivity contribution in [3.05, 3.63) is 0 Å². The van der Waals surface area contributed by atoms with Crippen molar-refractivity contribution in [2.45, 2.75) is 25.8 Å². The van der Waals surface area contributed by atoms with Crippen LogP contribution in [0.2, 0.25) is 0 Å². The number of carboxylic acids is 1. The average Bonchev–Trinajstić information content (AvgIpc) is 2.40. The van der Waals surface area contributed by atoms with E-state index in [-0.39, 0.29) is 5.91 Å². The highest BCUT2D eigenvalue weighted by Crippen LogP contribution is 2.16. The number of nitrogens with zero attached hydrogens (tertiary/aromatic N) is 1. The summed E-state index contributed by atoms with van der Waals surface area (Å²) >= 11 is 0. The highest BCUT2D eigenvalue weighted by Gasteiger charge is 2.26. The molecule has 0 aromatic carbocycles. The van der Waals surface area contributed by atoms with E-state index in [0.29, 0.717) is 25.3 Å². The van der Waals surface area contributed by atoms with Gasteiger partial charge in [0.15, 0.2) is 0 Å². The maximum Gasteiger partial charge on any atom is 0.320 e. The summed E-state index contributed by atoms with van der Waals surface area (Å²) < 4.78 is 0. The summed E-state index contributed by atoms with van der Waals surface area (Å²) in [5, 5.41) is 8.55. The van der Waals surface area contributed by atoms with Crippen LogP contribution in [0.3, 0.4) is 0 Å². The second-order valence-electron chi connectivity index (χ2n) is 3.88. The Balaban J connectivity index is 2.31. The first-order valence-electron chi connectivity index (χ1n) is 4.77. The van der Waals surface area contributed by atoms with E-state index < -0.39 is 12.0 Å². The molecule has 1 aliphatic rings. The van der Waals surface area contributed by atoms with Crippen LogP contribution < -0.4 is 5.73 Å². The molecule has 0 aliphatic carbocycles. The molecule has 0 spiro atoms. The number of aliphatic carboxylic acids is 1. The fourth-order valence-electron chi connectivity index (χ4n) is 1.60. The van der Waals surface area contributed by atoms with E-state index in [1.54, 1.807) is 4.90 Å². The molecule has 5 heteroatoms. The normalized spacial score (nSPS) is 24.0. The van der Waals surface area contributed by atoms with Gasteiger partial charge in [0, 0.05) is 19.5 Å². The predicted octanol–water partition coefficient (Wildman–Crippen LogP) is -0.343. The summed E-state index contributed by atoms with van der Waals surface area (Å²) in [6.45, 7) is 3.19. The van der Waals surface area contributed by atoms with E-state index in [1.165, 1.54) is 0 Å². The maximum absolute atomic E-state index is 11.3. The van der Waals surface area contributed by atoms with Gasteiger partial charge in [-0.25, -0.2) is 0 Å². The van der Waals surface area contributed by atoms with Crippen molar-refractivity contribution in [2.75, 3.05) is 13.1 Å². The van der Waals surface area contributed by atoms with Gasteiger partial charge in [-0.15, -0.1) is 0 Å². The molecule has 0 aromatic heterocycles. The molecule has 80 valence electrons. The Hall–Kier alpha value is -1.10. The number of amides is 1. The molecule has 14 heavy (non-hydrogen) atoms. The van der Waals surface area contributed by atoms with Crippen LogP contribution in [0.15, 0.2) is 0 Å². The number of hydrogen-bond donors (Lipinski definition) is 2. The first-order valence-corrected chi connectivity index (χ1v) is 4.77. The van der Waals surface area contributed by atoms with Crippen molar-refractivity contribution in [1.29, 1.82) is 0 Å². The van der Waals surface area contributed by atoms with Gasteiger partial charge in [-0.1, -0.05) is 6.92 Å². The molecule has 3 N–H and O–H groups in total. The van der Waals surface area contributed by atoms with Gasteiger partial charge in [0.25, 0.3) is 0 Å². The van der Waals surface area contributed by atoms with Gasteiger partial charge in [-0.2, -0.15) is 0 Å². The Morgan fingerprint density at radius 3 is 2.86 bits per heavy atom. The molecule has 1 aliphatic heterocycles.